The maximum absolute atomic E-state index is 14.3. The van der Waals surface area contributed by atoms with Gasteiger partial charge in [0.15, 0.2) is 5.82 Å². The normalized spacial score (nSPS) is 14.2. The summed E-state index contributed by atoms with van der Waals surface area (Å²) >= 11 is 0. The number of hydrogen-bond donors (Lipinski definition) is 2. The molecule has 3 aromatic rings. The van der Waals surface area contributed by atoms with Gasteiger partial charge in [-0.3, -0.25) is 4.79 Å². The summed E-state index contributed by atoms with van der Waals surface area (Å²) in [6.07, 6.45) is 4.57. The first-order valence-electron chi connectivity index (χ1n) is 9.86. The SMILES string of the molecule is N#Cc1ccc(-c2cnn(-c3ccc(C(=O)NCC4CCOCC4)cn3)c2O)c(F)c1. The first-order chi connectivity index (χ1) is 15.1. The zero-order valence-corrected chi connectivity index (χ0v) is 16.6. The zero-order chi connectivity index (χ0) is 21.8. The second-order valence-electron chi connectivity index (χ2n) is 7.27. The van der Waals surface area contributed by atoms with Crippen molar-refractivity contribution >= 4 is 5.91 Å². The van der Waals surface area contributed by atoms with Gasteiger partial charge >= 0.3 is 0 Å². The molecule has 158 valence electrons. The Balaban J connectivity index is 1.48. The Morgan fingerprint density at radius 3 is 2.74 bits per heavy atom. The van der Waals surface area contributed by atoms with E-state index in [1.165, 1.54) is 24.5 Å². The van der Waals surface area contributed by atoms with E-state index in [0.29, 0.717) is 18.0 Å². The largest absolute Gasteiger partial charge is 0.493 e. The molecule has 9 heteroatoms. The van der Waals surface area contributed by atoms with Crippen LogP contribution in [-0.4, -0.2) is 45.5 Å². The molecule has 2 aromatic heterocycles. The van der Waals surface area contributed by atoms with Crippen molar-refractivity contribution in [3.63, 3.8) is 0 Å². The maximum Gasteiger partial charge on any atom is 0.252 e. The van der Waals surface area contributed by atoms with Gasteiger partial charge in [0.25, 0.3) is 5.91 Å². The molecular weight excluding hydrogens is 401 g/mol. The summed E-state index contributed by atoms with van der Waals surface area (Å²) in [7, 11) is 0. The standard InChI is InChI=1S/C22H20FN5O3/c23-19-9-15(10-24)1-3-17(19)18-13-27-28(22(18)30)20-4-2-16(12-25-20)21(29)26-11-14-5-7-31-8-6-14/h1-4,9,12-14,30H,5-8,11H2,(H,26,29). The van der Waals surface area contributed by atoms with Crippen molar-refractivity contribution in [2.75, 3.05) is 19.8 Å². The number of benzene rings is 1. The van der Waals surface area contributed by atoms with E-state index >= 15 is 0 Å². The predicted molar refractivity (Wildman–Crippen MR) is 109 cm³/mol. The third-order valence-corrected chi connectivity index (χ3v) is 5.25. The van der Waals surface area contributed by atoms with Crippen molar-refractivity contribution in [1.29, 1.82) is 5.26 Å². The number of carbonyl (C=O) groups is 1. The van der Waals surface area contributed by atoms with Gasteiger partial charge in [-0.1, -0.05) is 0 Å². The average Bonchev–Trinajstić information content (AvgIpc) is 3.19. The summed E-state index contributed by atoms with van der Waals surface area (Å²) in [6.45, 7) is 2.03. The highest BCUT2D eigenvalue weighted by Gasteiger charge is 2.18. The predicted octanol–water partition coefficient (Wildman–Crippen LogP) is 2.81. The number of carbonyl (C=O) groups excluding carboxylic acids is 1. The molecule has 4 rings (SSSR count). The molecule has 1 aliphatic rings. The zero-order valence-electron chi connectivity index (χ0n) is 16.6. The molecule has 0 atom stereocenters. The van der Waals surface area contributed by atoms with E-state index in [4.69, 9.17) is 10.00 Å². The fourth-order valence-corrected chi connectivity index (χ4v) is 3.44. The number of nitriles is 1. The third kappa shape index (κ3) is 4.39. The Labute approximate surface area is 177 Å². The Morgan fingerprint density at radius 2 is 2.06 bits per heavy atom. The van der Waals surface area contributed by atoms with E-state index in [-0.39, 0.29) is 34.3 Å². The lowest BCUT2D eigenvalue weighted by atomic mass is 10.0. The lowest BCUT2D eigenvalue weighted by Crippen LogP contribution is -2.32. The topological polar surface area (TPSA) is 113 Å². The summed E-state index contributed by atoms with van der Waals surface area (Å²) in [5.74, 6) is -0.479. The number of rotatable bonds is 5. The van der Waals surface area contributed by atoms with Crippen molar-refractivity contribution in [1.82, 2.24) is 20.1 Å². The summed E-state index contributed by atoms with van der Waals surface area (Å²) in [6, 6.07) is 8.97. The van der Waals surface area contributed by atoms with E-state index in [0.717, 1.165) is 36.8 Å². The molecule has 0 radical (unpaired) electrons. The third-order valence-electron chi connectivity index (χ3n) is 5.25. The second-order valence-corrected chi connectivity index (χ2v) is 7.27. The number of hydrogen-bond acceptors (Lipinski definition) is 6. The van der Waals surface area contributed by atoms with Crippen LogP contribution >= 0.6 is 0 Å². The van der Waals surface area contributed by atoms with Gasteiger partial charge in [-0.15, -0.1) is 0 Å². The number of nitrogens with zero attached hydrogens (tertiary/aromatic N) is 4. The van der Waals surface area contributed by atoms with Crippen molar-refractivity contribution < 1.29 is 19.0 Å². The molecular formula is C22H20FN5O3. The van der Waals surface area contributed by atoms with Crippen LogP contribution in [0.25, 0.3) is 16.9 Å². The van der Waals surface area contributed by atoms with E-state index in [1.807, 2.05) is 6.07 Å². The Bertz CT molecular complexity index is 1130. The van der Waals surface area contributed by atoms with Crippen LogP contribution in [0.4, 0.5) is 4.39 Å². The summed E-state index contributed by atoms with van der Waals surface area (Å²) < 4.78 is 20.8. The molecule has 1 saturated heterocycles. The number of aromatic nitrogens is 3. The molecule has 1 aromatic carbocycles. The molecule has 0 unspecified atom stereocenters. The van der Waals surface area contributed by atoms with Gasteiger partial charge in [0.05, 0.1) is 29.0 Å². The molecule has 1 amide bonds. The number of pyridine rings is 1. The number of ether oxygens (including phenoxy) is 1. The smallest absolute Gasteiger partial charge is 0.252 e. The average molecular weight is 421 g/mol. The van der Waals surface area contributed by atoms with Gasteiger partial charge < -0.3 is 15.2 Å². The molecule has 1 fully saturated rings. The van der Waals surface area contributed by atoms with Gasteiger partial charge in [0.1, 0.15) is 5.82 Å². The highest BCUT2D eigenvalue weighted by Crippen LogP contribution is 2.32. The fraction of sp³-hybridized carbons (Fsp3) is 0.273. The summed E-state index contributed by atoms with van der Waals surface area (Å²) in [5.41, 5.74) is 0.857. The Morgan fingerprint density at radius 1 is 1.26 bits per heavy atom. The molecule has 1 aliphatic heterocycles. The molecule has 3 heterocycles. The summed E-state index contributed by atoms with van der Waals surface area (Å²) in [4.78, 5) is 16.6. The van der Waals surface area contributed by atoms with E-state index < -0.39 is 5.82 Å². The minimum absolute atomic E-state index is 0.117. The quantitative estimate of drug-likeness (QED) is 0.655. The number of nitrogens with one attached hydrogen (secondary N) is 1. The summed E-state index contributed by atoms with van der Waals surface area (Å²) in [5, 5.41) is 26.4. The van der Waals surface area contributed by atoms with Crippen LogP contribution in [-0.2, 0) is 4.74 Å². The van der Waals surface area contributed by atoms with E-state index in [9.17, 15) is 14.3 Å². The Kier molecular flexibility index (Phi) is 5.91. The van der Waals surface area contributed by atoms with E-state index in [2.05, 4.69) is 15.4 Å². The molecule has 31 heavy (non-hydrogen) atoms. The highest BCUT2D eigenvalue weighted by molar-refractivity contribution is 5.93. The monoisotopic (exact) mass is 421 g/mol. The molecule has 0 aliphatic carbocycles. The first kappa shape index (κ1) is 20.5. The van der Waals surface area contributed by atoms with Crippen LogP contribution in [0.1, 0.15) is 28.8 Å². The number of halogens is 1. The van der Waals surface area contributed by atoms with Crippen LogP contribution < -0.4 is 5.32 Å². The maximum atomic E-state index is 14.3. The van der Waals surface area contributed by atoms with Crippen LogP contribution in [0.2, 0.25) is 0 Å². The van der Waals surface area contributed by atoms with Gasteiger partial charge in [0, 0.05) is 31.5 Å². The van der Waals surface area contributed by atoms with Crippen LogP contribution in [0.5, 0.6) is 5.88 Å². The van der Waals surface area contributed by atoms with Crippen molar-refractivity contribution in [2.45, 2.75) is 12.8 Å². The Hall–Kier alpha value is -3.77. The molecule has 0 spiro atoms. The van der Waals surface area contributed by atoms with Gasteiger partial charge in [-0.2, -0.15) is 15.0 Å². The minimum atomic E-state index is -0.640. The van der Waals surface area contributed by atoms with Crippen LogP contribution in [0.3, 0.4) is 0 Å². The molecule has 0 saturated carbocycles. The molecule has 2 N–H and O–H groups in total. The minimum Gasteiger partial charge on any atom is -0.493 e. The van der Waals surface area contributed by atoms with Crippen LogP contribution in [0, 0.1) is 23.1 Å². The van der Waals surface area contributed by atoms with Gasteiger partial charge in [-0.05, 0) is 49.1 Å². The van der Waals surface area contributed by atoms with Crippen molar-refractivity contribution in [3.8, 4) is 28.9 Å². The number of amides is 1. The number of aromatic hydroxyl groups is 1. The fourth-order valence-electron chi connectivity index (χ4n) is 3.44. The van der Waals surface area contributed by atoms with Gasteiger partial charge in [-0.25, -0.2) is 9.37 Å². The van der Waals surface area contributed by atoms with Crippen molar-refractivity contribution in [2.24, 2.45) is 5.92 Å². The first-order valence-corrected chi connectivity index (χ1v) is 9.86. The lowest BCUT2D eigenvalue weighted by molar-refractivity contribution is 0.0642. The highest BCUT2D eigenvalue weighted by atomic mass is 19.1. The van der Waals surface area contributed by atoms with Gasteiger partial charge in [0.2, 0.25) is 5.88 Å². The van der Waals surface area contributed by atoms with Crippen LogP contribution in [0.15, 0.2) is 42.7 Å². The lowest BCUT2D eigenvalue weighted by Gasteiger charge is -2.22. The molecule has 8 nitrogen and oxygen atoms in total. The molecule has 0 bridgehead atoms. The second kappa shape index (κ2) is 8.93. The van der Waals surface area contributed by atoms with E-state index in [1.54, 1.807) is 12.1 Å². The van der Waals surface area contributed by atoms with Crippen molar-refractivity contribution in [3.05, 3.63) is 59.7 Å².